The van der Waals surface area contributed by atoms with E-state index in [0.717, 1.165) is 30.6 Å². The number of nitrogens with zero attached hydrogens (tertiary/aromatic N) is 2. The standard InChI is InChI=1S/C21H26ClN3O4/c1-24-11-10-18(23-21(22)14-4-7-16(8-5-14)25(26)27)17(13-24)15-6-9-19(28-2)20(12-15)29-3/h4-9,12,17-18,21,23H,10-11,13H2,1-3H3/t17-,18+,21?/m0/s1. The zero-order valence-electron chi connectivity index (χ0n) is 16.8. The summed E-state index contributed by atoms with van der Waals surface area (Å²) in [6.45, 7) is 1.85. The van der Waals surface area contributed by atoms with E-state index in [2.05, 4.69) is 23.3 Å². The van der Waals surface area contributed by atoms with Gasteiger partial charge in [0.1, 0.15) is 5.50 Å². The van der Waals surface area contributed by atoms with Crippen molar-refractivity contribution in [2.75, 3.05) is 34.4 Å². The van der Waals surface area contributed by atoms with Gasteiger partial charge in [0.15, 0.2) is 11.5 Å². The lowest BCUT2D eigenvalue weighted by atomic mass is 9.85. The topological polar surface area (TPSA) is 76.9 Å². The maximum absolute atomic E-state index is 10.9. The van der Waals surface area contributed by atoms with Crippen LogP contribution in [0.5, 0.6) is 11.5 Å². The number of alkyl halides is 1. The van der Waals surface area contributed by atoms with Crippen molar-refractivity contribution in [2.24, 2.45) is 0 Å². The average Bonchev–Trinajstić information content (AvgIpc) is 2.74. The summed E-state index contributed by atoms with van der Waals surface area (Å²) in [5.74, 6) is 1.62. The third-order valence-corrected chi connectivity index (χ3v) is 5.79. The first-order valence-corrected chi connectivity index (χ1v) is 9.91. The lowest BCUT2D eigenvalue weighted by Crippen LogP contribution is -2.47. The molecule has 2 aromatic rings. The summed E-state index contributed by atoms with van der Waals surface area (Å²) in [4.78, 5) is 12.7. The molecule has 1 fully saturated rings. The molecular formula is C21H26ClN3O4. The highest BCUT2D eigenvalue weighted by atomic mass is 35.5. The van der Waals surface area contributed by atoms with Gasteiger partial charge in [-0.2, -0.15) is 0 Å². The second-order valence-electron chi connectivity index (χ2n) is 7.26. The van der Waals surface area contributed by atoms with E-state index in [-0.39, 0.29) is 17.6 Å². The zero-order valence-corrected chi connectivity index (χ0v) is 17.6. The Morgan fingerprint density at radius 3 is 2.48 bits per heavy atom. The third-order valence-electron chi connectivity index (χ3n) is 5.41. The molecule has 8 heteroatoms. The van der Waals surface area contributed by atoms with Crippen LogP contribution in [0.3, 0.4) is 0 Å². The lowest BCUT2D eigenvalue weighted by Gasteiger charge is -2.38. The number of nitro groups is 1. The number of rotatable bonds is 7. The minimum atomic E-state index is -0.438. The Kier molecular flexibility index (Phi) is 6.95. The van der Waals surface area contributed by atoms with Crippen LogP contribution in [0.2, 0.25) is 0 Å². The summed E-state index contributed by atoms with van der Waals surface area (Å²) in [5.41, 5.74) is 1.58. The van der Waals surface area contributed by atoms with E-state index in [4.69, 9.17) is 21.1 Å². The number of methoxy groups -OCH3 is 2. The van der Waals surface area contributed by atoms with Gasteiger partial charge < -0.3 is 14.4 Å². The lowest BCUT2D eigenvalue weighted by molar-refractivity contribution is -0.384. The predicted octanol–water partition coefficient (Wildman–Crippen LogP) is 3.93. The Balaban J connectivity index is 1.80. The number of non-ortho nitro benzene ring substituents is 1. The molecule has 3 rings (SSSR count). The van der Waals surface area contributed by atoms with E-state index in [1.807, 2.05) is 12.1 Å². The summed E-state index contributed by atoms with van der Waals surface area (Å²) >= 11 is 6.63. The van der Waals surface area contributed by atoms with Gasteiger partial charge in [-0.1, -0.05) is 6.07 Å². The van der Waals surface area contributed by atoms with Crippen molar-refractivity contribution in [2.45, 2.75) is 23.9 Å². The molecule has 1 heterocycles. The number of nitrogens with one attached hydrogen (secondary N) is 1. The van der Waals surface area contributed by atoms with Crippen LogP contribution < -0.4 is 14.8 Å². The molecule has 1 saturated heterocycles. The van der Waals surface area contributed by atoms with Crippen molar-refractivity contribution >= 4 is 17.3 Å². The van der Waals surface area contributed by atoms with E-state index in [0.29, 0.717) is 11.5 Å². The molecule has 3 atom stereocenters. The number of halogens is 1. The average molecular weight is 420 g/mol. The number of ether oxygens (including phenoxy) is 2. The molecule has 1 N–H and O–H groups in total. The highest BCUT2D eigenvalue weighted by Crippen LogP contribution is 2.35. The van der Waals surface area contributed by atoms with E-state index in [1.165, 1.54) is 12.1 Å². The molecule has 0 bridgehead atoms. The number of likely N-dealkylation sites (tertiary alicyclic amines) is 1. The molecule has 7 nitrogen and oxygen atoms in total. The fourth-order valence-corrected chi connectivity index (χ4v) is 4.09. The molecule has 1 aliphatic rings. The largest absolute Gasteiger partial charge is 0.493 e. The molecule has 156 valence electrons. The van der Waals surface area contributed by atoms with Crippen LogP contribution in [0.1, 0.15) is 29.0 Å². The molecule has 1 unspecified atom stereocenters. The molecule has 1 aliphatic heterocycles. The number of nitro benzene ring substituents is 1. The number of piperidine rings is 1. The van der Waals surface area contributed by atoms with Crippen LogP contribution >= 0.6 is 11.6 Å². The monoisotopic (exact) mass is 419 g/mol. The smallest absolute Gasteiger partial charge is 0.269 e. The second kappa shape index (κ2) is 9.43. The first kappa shape index (κ1) is 21.4. The van der Waals surface area contributed by atoms with E-state index in [1.54, 1.807) is 26.4 Å². The molecule has 0 saturated carbocycles. The summed E-state index contributed by atoms with van der Waals surface area (Å²) in [7, 11) is 5.37. The number of benzene rings is 2. The van der Waals surface area contributed by atoms with Crippen molar-refractivity contribution in [1.29, 1.82) is 0 Å². The maximum Gasteiger partial charge on any atom is 0.269 e. The van der Waals surface area contributed by atoms with Crippen LogP contribution in [0.4, 0.5) is 5.69 Å². The predicted molar refractivity (Wildman–Crippen MR) is 113 cm³/mol. The molecule has 0 spiro atoms. The third kappa shape index (κ3) is 4.98. The minimum absolute atomic E-state index is 0.0557. The molecule has 0 radical (unpaired) electrons. The maximum atomic E-state index is 10.9. The Morgan fingerprint density at radius 1 is 1.17 bits per heavy atom. The first-order chi connectivity index (χ1) is 13.9. The molecule has 0 aliphatic carbocycles. The van der Waals surface area contributed by atoms with E-state index < -0.39 is 10.4 Å². The van der Waals surface area contributed by atoms with Gasteiger partial charge in [0.05, 0.1) is 19.1 Å². The quantitative estimate of drug-likeness (QED) is 0.317. The van der Waals surface area contributed by atoms with Crippen molar-refractivity contribution in [3.63, 3.8) is 0 Å². The normalized spacial score (nSPS) is 20.8. The van der Waals surface area contributed by atoms with Gasteiger partial charge in [-0.25, -0.2) is 0 Å². The molecule has 0 amide bonds. The fraction of sp³-hybridized carbons (Fsp3) is 0.429. The SMILES string of the molecule is COc1ccc([C@@H]2CN(C)CC[C@H]2NC(Cl)c2ccc([N+](=O)[O-])cc2)cc1OC. The van der Waals surface area contributed by atoms with Crippen molar-refractivity contribution in [3.8, 4) is 11.5 Å². The molecular weight excluding hydrogens is 394 g/mol. The van der Waals surface area contributed by atoms with E-state index >= 15 is 0 Å². The first-order valence-electron chi connectivity index (χ1n) is 9.48. The van der Waals surface area contributed by atoms with Gasteiger partial charge in [0.25, 0.3) is 5.69 Å². The zero-order chi connectivity index (χ0) is 21.0. The van der Waals surface area contributed by atoms with E-state index in [9.17, 15) is 10.1 Å². The molecule has 2 aromatic carbocycles. The van der Waals surface area contributed by atoms with Gasteiger partial charge in [-0.15, -0.1) is 11.6 Å². The highest BCUT2D eigenvalue weighted by Gasteiger charge is 2.31. The number of hydrogen-bond donors (Lipinski definition) is 1. The highest BCUT2D eigenvalue weighted by molar-refractivity contribution is 6.20. The van der Waals surface area contributed by atoms with Crippen molar-refractivity contribution < 1.29 is 14.4 Å². The Morgan fingerprint density at radius 2 is 1.86 bits per heavy atom. The summed E-state index contributed by atoms with van der Waals surface area (Å²) in [6, 6.07) is 12.5. The van der Waals surface area contributed by atoms with Crippen molar-refractivity contribution in [1.82, 2.24) is 10.2 Å². The fourth-order valence-electron chi connectivity index (χ4n) is 3.78. The summed E-state index contributed by atoms with van der Waals surface area (Å²) in [6.07, 6.45) is 0.936. The minimum Gasteiger partial charge on any atom is -0.493 e. The van der Waals surface area contributed by atoms with Crippen LogP contribution in [-0.2, 0) is 0 Å². The second-order valence-corrected chi connectivity index (χ2v) is 7.69. The van der Waals surface area contributed by atoms with Gasteiger partial charge in [0, 0.05) is 30.6 Å². The Hall–Kier alpha value is -2.35. The number of likely N-dealkylation sites (N-methyl/N-ethyl adjacent to an activating group) is 1. The molecule has 0 aromatic heterocycles. The molecule has 29 heavy (non-hydrogen) atoms. The Labute approximate surface area is 175 Å². The van der Waals surface area contributed by atoms with Gasteiger partial charge in [0.2, 0.25) is 0 Å². The summed E-state index contributed by atoms with van der Waals surface area (Å²) in [5, 5.41) is 14.4. The van der Waals surface area contributed by atoms with Gasteiger partial charge in [-0.05, 0) is 55.4 Å². The van der Waals surface area contributed by atoms with Crippen LogP contribution in [0.25, 0.3) is 0 Å². The Bertz CT molecular complexity index is 846. The number of hydrogen-bond acceptors (Lipinski definition) is 6. The van der Waals surface area contributed by atoms with Crippen LogP contribution in [0.15, 0.2) is 42.5 Å². The summed E-state index contributed by atoms with van der Waals surface area (Å²) < 4.78 is 10.8. The van der Waals surface area contributed by atoms with Crippen LogP contribution in [-0.4, -0.2) is 50.2 Å². The van der Waals surface area contributed by atoms with Crippen molar-refractivity contribution in [3.05, 3.63) is 63.7 Å². The van der Waals surface area contributed by atoms with Gasteiger partial charge >= 0.3 is 0 Å². The van der Waals surface area contributed by atoms with Gasteiger partial charge in [-0.3, -0.25) is 15.4 Å². The van der Waals surface area contributed by atoms with Crippen LogP contribution in [0, 0.1) is 10.1 Å².